The van der Waals surface area contributed by atoms with Crippen LogP contribution in [0.15, 0.2) is 6.33 Å². The summed E-state index contributed by atoms with van der Waals surface area (Å²) >= 11 is 1.39. The molecule has 0 radical (unpaired) electrons. The van der Waals surface area contributed by atoms with Gasteiger partial charge in [0.05, 0.1) is 0 Å². The van der Waals surface area contributed by atoms with Crippen molar-refractivity contribution in [2.24, 2.45) is 11.1 Å². The molecule has 0 spiro atoms. The highest BCUT2D eigenvalue weighted by atomic mass is 32.1. The molecule has 1 heterocycles. The average Bonchev–Trinajstić information content (AvgIpc) is 2.70. The molecule has 0 amide bonds. The Balaban J connectivity index is 1.83. The fourth-order valence-corrected chi connectivity index (χ4v) is 1.57. The zero-order valence-corrected chi connectivity index (χ0v) is 7.60. The third kappa shape index (κ3) is 1.56. The van der Waals surface area contributed by atoms with Crippen LogP contribution in [-0.2, 0) is 0 Å². The Morgan fingerprint density at radius 3 is 3.00 bits per heavy atom. The van der Waals surface area contributed by atoms with E-state index in [1.54, 1.807) is 6.33 Å². The maximum atomic E-state index is 5.64. The van der Waals surface area contributed by atoms with Crippen LogP contribution in [-0.4, -0.2) is 22.4 Å². The molecule has 1 aliphatic carbocycles. The minimum absolute atomic E-state index is 0.367. The van der Waals surface area contributed by atoms with E-state index in [4.69, 9.17) is 5.73 Å². The van der Waals surface area contributed by atoms with Gasteiger partial charge in [-0.3, -0.25) is 0 Å². The normalized spacial score (nSPS) is 19.1. The Kier molecular flexibility index (Phi) is 1.98. The van der Waals surface area contributed by atoms with E-state index in [0.717, 1.165) is 18.2 Å². The Morgan fingerprint density at radius 2 is 2.50 bits per heavy atom. The smallest absolute Gasteiger partial charge is 0.202 e. The molecule has 0 saturated heterocycles. The molecule has 0 bridgehead atoms. The van der Waals surface area contributed by atoms with E-state index < -0.39 is 0 Å². The molecule has 1 aromatic rings. The second kappa shape index (κ2) is 2.99. The average molecular weight is 184 g/mol. The van der Waals surface area contributed by atoms with E-state index in [0.29, 0.717) is 5.41 Å². The molecular formula is C7H12N4S. The first kappa shape index (κ1) is 7.94. The summed E-state index contributed by atoms with van der Waals surface area (Å²) in [5.41, 5.74) is 6.00. The Hall–Kier alpha value is -0.680. The molecule has 12 heavy (non-hydrogen) atoms. The lowest BCUT2D eigenvalue weighted by atomic mass is 10.1. The van der Waals surface area contributed by atoms with Crippen LogP contribution in [0.5, 0.6) is 0 Å². The lowest BCUT2D eigenvalue weighted by Gasteiger charge is -2.11. The van der Waals surface area contributed by atoms with E-state index in [1.165, 1.54) is 24.4 Å². The highest BCUT2D eigenvalue weighted by Crippen LogP contribution is 2.44. The summed E-state index contributed by atoms with van der Waals surface area (Å²) in [5.74, 6) is 0. The second-order valence-corrected chi connectivity index (χ2v) is 4.08. The number of nitrogens with one attached hydrogen (secondary N) is 1. The van der Waals surface area contributed by atoms with Gasteiger partial charge in [0, 0.05) is 18.1 Å². The third-order valence-corrected chi connectivity index (χ3v) is 2.99. The Bertz CT molecular complexity index is 242. The van der Waals surface area contributed by atoms with Gasteiger partial charge >= 0.3 is 0 Å². The Morgan fingerprint density at radius 1 is 1.67 bits per heavy atom. The molecule has 1 aliphatic rings. The number of hydrogen-bond acceptors (Lipinski definition) is 5. The second-order valence-electron chi connectivity index (χ2n) is 3.30. The van der Waals surface area contributed by atoms with E-state index >= 15 is 0 Å². The summed E-state index contributed by atoms with van der Waals surface area (Å²) in [6, 6.07) is 0. The Labute approximate surface area is 75.4 Å². The molecule has 0 atom stereocenters. The van der Waals surface area contributed by atoms with Crippen LogP contribution >= 0.6 is 11.5 Å². The molecular weight excluding hydrogens is 172 g/mol. The number of nitrogens with zero attached hydrogens (tertiary/aromatic N) is 2. The highest BCUT2D eigenvalue weighted by Gasteiger charge is 2.40. The quantitative estimate of drug-likeness (QED) is 0.722. The van der Waals surface area contributed by atoms with E-state index in [9.17, 15) is 0 Å². The first-order valence-electron chi connectivity index (χ1n) is 4.05. The monoisotopic (exact) mass is 184 g/mol. The number of hydrogen-bond donors (Lipinski definition) is 2. The van der Waals surface area contributed by atoms with Crippen LogP contribution in [0.1, 0.15) is 12.8 Å². The fraction of sp³-hybridized carbons (Fsp3) is 0.714. The van der Waals surface area contributed by atoms with Crippen molar-refractivity contribution in [2.45, 2.75) is 12.8 Å². The molecule has 0 unspecified atom stereocenters. The maximum absolute atomic E-state index is 5.64. The maximum Gasteiger partial charge on any atom is 0.202 e. The molecule has 0 aliphatic heterocycles. The molecule has 1 saturated carbocycles. The predicted molar refractivity (Wildman–Crippen MR) is 49.1 cm³/mol. The molecule has 0 aromatic carbocycles. The summed E-state index contributed by atoms with van der Waals surface area (Å²) in [6.45, 7) is 1.72. The van der Waals surface area contributed by atoms with Gasteiger partial charge in [-0.2, -0.15) is 4.37 Å². The van der Waals surface area contributed by atoms with Crippen LogP contribution in [0, 0.1) is 5.41 Å². The largest absolute Gasteiger partial charge is 0.360 e. The summed E-state index contributed by atoms with van der Waals surface area (Å²) in [6.07, 6.45) is 4.06. The predicted octanol–water partition coefficient (Wildman–Crippen LogP) is 0.689. The molecule has 4 nitrogen and oxygen atoms in total. The summed E-state index contributed by atoms with van der Waals surface area (Å²) in [7, 11) is 0. The molecule has 66 valence electrons. The summed E-state index contributed by atoms with van der Waals surface area (Å²) < 4.78 is 3.91. The van der Waals surface area contributed by atoms with Crippen LogP contribution < -0.4 is 11.1 Å². The van der Waals surface area contributed by atoms with Crippen LogP contribution in [0.25, 0.3) is 0 Å². The van der Waals surface area contributed by atoms with Gasteiger partial charge in [-0.25, -0.2) is 4.98 Å². The summed E-state index contributed by atoms with van der Waals surface area (Å²) in [5, 5.41) is 4.14. The van der Waals surface area contributed by atoms with Gasteiger partial charge in [0.2, 0.25) is 5.13 Å². The minimum atomic E-state index is 0.367. The van der Waals surface area contributed by atoms with Crippen molar-refractivity contribution in [3.63, 3.8) is 0 Å². The van der Waals surface area contributed by atoms with Crippen molar-refractivity contribution in [2.75, 3.05) is 18.4 Å². The molecule has 2 rings (SSSR count). The van der Waals surface area contributed by atoms with Crippen molar-refractivity contribution in [3.8, 4) is 0 Å². The van der Waals surface area contributed by atoms with Crippen molar-refractivity contribution < 1.29 is 0 Å². The van der Waals surface area contributed by atoms with Crippen LogP contribution in [0.4, 0.5) is 5.13 Å². The van der Waals surface area contributed by atoms with E-state index in [-0.39, 0.29) is 0 Å². The van der Waals surface area contributed by atoms with Crippen molar-refractivity contribution >= 4 is 16.7 Å². The van der Waals surface area contributed by atoms with Crippen LogP contribution in [0.3, 0.4) is 0 Å². The zero-order valence-electron chi connectivity index (χ0n) is 6.79. The molecule has 3 N–H and O–H groups in total. The molecule has 1 fully saturated rings. The van der Waals surface area contributed by atoms with E-state index in [2.05, 4.69) is 14.7 Å². The zero-order chi connectivity index (χ0) is 8.44. The lowest BCUT2D eigenvalue weighted by Crippen LogP contribution is -2.24. The number of rotatable bonds is 4. The van der Waals surface area contributed by atoms with Gasteiger partial charge in [-0.1, -0.05) is 0 Å². The summed E-state index contributed by atoms with van der Waals surface area (Å²) in [4.78, 5) is 4.04. The number of nitrogens with two attached hydrogens (primary N) is 1. The minimum Gasteiger partial charge on any atom is -0.360 e. The van der Waals surface area contributed by atoms with Gasteiger partial charge in [0.15, 0.2) is 0 Å². The van der Waals surface area contributed by atoms with Crippen molar-refractivity contribution in [1.82, 2.24) is 9.36 Å². The first-order valence-corrected chi connectivity index (χ1v) is 4.83. The van der Waals surface area contributed by atoms with Gasteiger partial charge in [0.1, 0.15) is 6.33 Å². The number of anilines is 1. The number of aromatic nitrogens is 2. The first-order chi connectivity index (χ1) is 5.85. The fourth-order valence-electron chi connectivity index (χ4n) is 1.14. The third-order valence-electron chi connectivity index (χ3n) is 2.37. The van der Waals surface area contributed by atoms with Gasteiger partial charge in [0.25, 0.3) is 0 Å². The highest BCUT2D eigenvalue weighted by molar-refractivity contribution is 7.09. The van der Waals surface area contributed by atoms with Crippen LogP contribution in [0.2, 0.25) is 0 Å². The molecule has 5 heteroatoms. The van der Waals surface area contributed by atoms with E-state index in [1.807, 2.05) is 0 Å². The molecule has 1 aromatic heterocycles. The SMILES string of the molecule is NCC1(CNc2ncns2)CC1. The van der Waals surface area contributed by atoms with Gasteiger partial charge in [-0.15, -0.1) is 0 Å². The topological polar surface area (TPSA) is 63.8 Å². The van der Waals surface area contributed by atoms with Crippen molar-refractivity contribution in [3.05, 3.63) is 6.33 Å². The standard InChI is InChI=1S/C7H12N4S/c8-3-7(1-2-7)4-9-6-10-5-11-12-6/h5H,1-4,8H2,(H,9,10,11). The van der Waals surface area contributed by atoms with Crippen molar-refractivity contribution in [1.29, 1.82) is 0 Å². The van der Waals surface area contributed by atoms with Gasteiger partial charge < -0.3 is 11.1 Å². The lowest BCUT2D eigenvalue weighted by molar-refractivity contribution is 0.555. The van der Waals surface area contributed by atoms with Gasteiger partial charge in [-0.05, 0) is 24.8 Å².